The molecule has 2 heterocycles. The van der Waals surface area contributed by atoms with Crippen LogP contribution in [0.5, 0.6) is 5.75 Å². The third-order valence-electron chi connectivity index (χ3n) is 3.42. The van der Waals surface area contributed by atoms with Gasteiger partial charge in [0.2, 0.25) is 5.91 Å². The smallest absolute Gasteiger partial charge is 0.413 e. The molecule has 2 amide bonds. The van der Waals surface area contributed by atoms with Gasteiger partial charge >= 0.3 is 6.09 Å². The highest BCUT2D eigenvalue weighted by Gasteiger charge is 2.26. The quantitative estimate of drug-likeness (QED) is 0.863. The molecule has 0 spiro atoms. The van der Waals surface area contributed by atoms with Gasteiger partial charge < -0.3 is 14.8 Å². The first-order valence-corrected chi connectivity index (χ1v) is 7.69. The summed E-state index contributed by atoms with van der Waals surface area (Å²) in [5, 5.41) is 13.4. The summed E-state index contributed by atoms with van der Waals surface area (Å²) in [5.74, 6) is 0.553. The Kier molecular flexibility index (Phi) is 4.07. The second-order valence-electron chi connectivity index (χ2n) is 6.53. The largest absolute Gasteiger partial charge is 0.497 e. The van der Waals surface area contributed by atoms with E-state index in [1.54, 1.807) is 46.1 Å². The number of carbonyl (C=O) groups excluding carboxylic acids is 2. The van der Waals surface area contributed by atoms with Crippen LogP contribution in [-0.4, -0.2) is 39.7 Å². The molecule has 0 saturated heterocycles. The second-order valence-corrected chi connectivity index (χ2v) is 6.53. The second kappa shape index (κ2) is 6.08. The van der Waals surface area contributed by atoms with E-state index in [9.17, 15) is 9.59 Å². The van der Waals surface area contributed by atoms with Crippen LogP contribution in [0.3, 0.4) is 0 Å². The van der Waals surface area contributed by atoms with E-state index in [2.05, 4.69) is 20.9 Å². The lowest BCUT2D eigenvalue weighted by atomic mass is 10.2. The zero-order valence-electron chi connectivity index (χ0n) is 14.4. The van der Waals surface area contributed by atoms with Gasteiger partial charge in [-0.25, -0.2) is 9.48 Å². The molecule has 1 aliphatic heterocycles. The van der Waals surface area contributed by atoms with Crippen molar-refractivity contribution in [1.82, 2.24) is 15.0 Å². The number of carbonyl (C=O) groups is 2. The molecule has 1 aromatic heterocycles. The number of hydrogen-bond donors (Lipinski definition) is 2. The molecule has 132 valence electrons. The van der Waals surface area contributed by atoms with E-state index in [1.165, 1.54) is 4.68 Å². The Bertz CT molecular complexity index is 838. The molecule has 0 atom stereocenters. The van der Waals surface area contributed by atoms with E-state index in [0.29, 0.717) is 22.8 Å². The molecule has 9 nitrogen and oxygen atoms in total. The molecule has 2 aromatic rings. The Morgan fingerprint density at radius 2 is 2.12 bits per heavy atom. The van der Waals surface area contributed by atoms with Crippen LogP contribution in [-0.2, 0) is 16.0 Å². The standard InChI is InChI=1S/C16H19N5O4/c1-16(2,3)25-15(23)18-14-12-8-13(22)17-10-6-5-9(24-4)7-11(10)21(12)20-19-14/h5-7H,8H2,1-4H3,(H,17,22)(H,18,23). The number of fused-ring (bicyclic) bond motifs is 3. The molecule has 0 radical (unpaired) electrons. The van der Waals surface area contributed by atoms with Gasteiger partial charge in [0.1, 0.15) is 11.4 Å². The highest BCUT2D eigenvalue weighted by atomic mass is 16.6. The molecule has 25 heavy (non-hydrogen) atoms. The normalized spacial score (nSPS) is 13.2. The summed E-state index contributed by atoms with van der Waals surface area (Å²) in [6.07, 6.45) is -0.652. The number of nitrogens with one attached hydrogen (secondary N) is 2. The average molecular weight is 345 g/mol. The first-order valence-electron chi connectivity index (χ1n) is 7.69. The third-order valence-corrected chi connectivity index (χ3v) is 3.42. The summed E-state index contributed by atoms with van der Waals surface area (Å²) in [6.45, 7) is 5.28. The average Bonchev–Trinajstić information content (AvgIpc) is 2.81. The number of methoxy groups -OCH3 is 1. The van der Waals surface area contributed by atoms with Crippen LogP contribution in [0.2, 0.25) is 0 Å². The van der Waals surface area contributed by atoms with Crippen LogP contribution < -0.4 is 15.4 Å². The predicted octanol–water partition coefficient (Wildman–Crippen LogP) is 2.12. The molecule has 0 unspecified atom stereocenters. The number of aromatic nitrogens is 3. The summed E-state index contributed by atoms with van der Waals surface area (Å²) in [7, 11) is 1.55. The van der Waals surface area contributed by atoms with Gasteiger partial charge in [0.05, 0.1) is 30.6 Å². The van der Waals surface area contributed by atoms with Crippen molar-refractivity contribution in [2.24, 2.45) is 0 Å². The number of hydrogen-bond acceptors (Lipinski definition) is 6. The fourth-order valence-corrected chi connectivity index (χ4v) is 2.42. The zero-order valence-corrected chi connectivity index (χ0v) is 14.4. The van der Waals surface area contributed by atoms with Gasteiger partial charge in [-0.1, -0.05) is 5.21 Å². The van der Waals surface area contributed by atoms with Crippen LogP contribution in [0.4, 0.5) is 16.3 Å². The molecular weight excluding hydrogens is 326 g/mol. The highest BCUT2D eigenvalue weighted by Crippen LogP contribution is 2.30. The third kappa shape index (κ3) is 3.54. The number of benzene rings is 1. The van der Waals surface area contributed by atoms with Gasteiger partial charge in [0.15, 0.2) is 5.82 Å². The summed E-state index contributed by atoms with van der Waals surface area (Å²) in [4.78, 5) is 24.2. The maximum atomic E-state index is 12.2. The van der Waals surface area contributed by atoms with Crippen LogP contribution in [0.25, 0.3) is 5.69 Å². The van der Waals surface area contributed by atoms with Crippen molar-refractivity contribution in [3.63, 3.8) is 0 Å². The molecule has 2 N–H and O–H groups in total. The lowest BCUT2D eigenvalue weighted by Gasteiger charge is -2.19. The maximum absolute atomic E-state index is 12.2. The number of nitrogens with zero attached hydrogens (tertiary/aromatic N) is 3. The first-order chi connectivity index (χ1) is 11.8. The van der Waals surface area contributed by atoms with Crippen molar-refractivity contribution in [1.29, 1.82) is 0 Å². The van der Waals surface area contributed by atoms with Crippen molar-refractivity contribution < 1.29 is 19.1 Å². The lowest BCUT2D eigenvalue weighted by Crippen LogP contribution is -2.27. The SMILES string of the molecule is COc1ccc2c(c1)-n1nnc(NC(=O)OC(C)(C)C)c1CC(=O)N2. The summed E-state index contributed by atoms with van der Waals surface area (Å²) in [5.41, 5.74) is 0.990. The minimum atomic E-state index is -0.661. The molecule has 0 aliphatic carbocycles. The molecule has 1 aliphatic rings. The van der Waals surface area contributed by atoms with Crippen LogP contribution in [0.1, 0.15) is 26.5 Å². The molecule has 3 rings (SSSR count). The van der Waals surface area contributed by atoms with E-state index in [4.69, 9.17) is 9.47 Å². The van der Waals surface area contributed by atoms with Crippen LogP contribution in [0, 0.1) is 0 Å². The van der Waals surface area contributed by atoms with E-state index in [1.807, 2.05) is 0 Å². The van der Waals surface area contributed by atoms with Crippen molar-refractivity contribution >= 4 is 23.5 Å². The van der Waals surface area contributed by atoms with Gasteiger partial charge in [0.25, 0.3) is 0 Å². The molecule has 0 fully saturated rings. The zero-order chi connectivity index (χ0) is 18.2. The first kappa shape index (κ1) is 16.7. The monoisotopic (exact) mass is 345 g/mol. The Hall–Kier alpha value is -3.10. The lowest BCUT2D eigenvalue weighted by molar-refractivity contribution is -0.115. The summed E-state index contributed by atoms with van der Waals surface area (Å²) >= 11 is 0. The van der Waals surface area contributed by atoms with Gasteiger partial charge in [-0.15, -0.1) is 5.10 Å². The van der Waals surface area contributed by atoms with Gasteiger partial charge in [-0.3, -0.25) is 10.1 Å². The van der Waals surface area contributed by atoms with Crippen molar-refractivity contribution in [2.75, 3.05) is 17.7 Å². The molecule has 9 heteroatoms. The predicted molar refractivity (Wildman–Crippen MR) is 90.1 cm³/mol. The van der Waals surface area contributed by atoms with Crippen molar-refractivity contribution in [3.05, 3.63) is 23.9 Å². The molecule has 0 saturated carbocycles. The van der Waals surface area contributed by atoms with Crippen LogP contribution in [0.15, 0.2) is 18.2 Å². The van der Waals surface area contributed by atoms with Gasteiger partial charge in [-0.05, 0) is 32.9 Å². The van der Waals surface area contributed by atoms with E-state index in [0.717, 1.165) is 0 Å². The van der Waals surface area contributed by atoms with Crippen LogP contribution >= 0.6 is 0 Å². The number of anilines is 2. The Morgan fingerprint density at radius 1 is 1.36 bits per heavy atom. The number of amides is 2. The van der Waals surface area contributed by atoms with Gasteiger partial charge in [-0.2, -0.15) is 0 Å². The number of ether oxygens (including phenoxy) is 2. The minimum Gasteiger partial charge on any atom is -0.497 e. The van der Waals surface area contributed by atoms with E-state index < -0.39 is 11.7 Å². The Morgan fingerprint density at radius 3 is 2.80 bits per heavy atom. The molecule has 0 bridgehead atoms. The number of rotatable bonds is 2. The Labute approximate surface area is 144 Å². The maximum Gasteiger partial charge on any atom is 0.413 e. The van der Waals surface area contributed by atoms with E-state index >= 15 is 0 Å². The Balaban J connectivity index is 1.98. The van der Waals surface area contributed by atoms with E-state index in [-0.39, 0.29) is 18.1 Å². The summed E-state index contributed by atoms with van der Waals surface area (Å²) < 4.78 is 11.9. The van der Waals surface area contributed by atoms with Crippen molar-refractivity contribution in [2.45, 2.75) is 32.8 Å². The minimum absolute atomic E-state index is 0.00905. The molecule has 1 aromatic carbocycles. The van der Waals surface area contributed by atoms with Crippen molar-refractivity contribution in [3.8, 4) is 11.4 Å². The fourth-order valence-electron chi connectivity index (χ4n) is 2.42. The topological polar surface area (TPSA) is 107 Å². The fraction of sp³-hybridized carbons (Fsp3) is 0.375. The van der Waals surface area contributed by atoms with Gasteiger partial charge in [0, 0.05) is 6.07 Å². The summed E-state index contributed by atoms with van der Waals surface area (Å²) in [6, 6.07) is 5.20. The highest BCUT2D eigenvalue weighted by molar-refractivity contribution is 5.97. The molecular formula is C16H19N5O4.